The molecule has 2 N–H and O–H groups in total. The highest BCUT2D eigenvalue weighted by Gasteiger charge is 2.26. The van der Waals surface area contributed by atoms with Crippen molar-refractivity contribution in [2.45, 2.75) is 31.1 Å². The monoisotopic (exact) mass is 431 g/mol. The lowest BCUT2D eigenvalue weighted by atomic mass is 10.2. The van der Waals surface area contributed by atoms with Crippen molar-refractivity contribution in [3.05, 3.63) is 29.8 Å². The molecule has 0 unspecified atom stereocenters. The van der Waals surface area contributed by atoms with Crippen LogP contribution in [0.5, 0.6) is 0 Å². The number of ether oxygens (including phenoxy) is 2. The fourth-order valence-electron chi connectivity index (χ4n) is 2.76. The predicted molar refractivity (Wildman–Crippen MR) is 111 cm³/mol. The summed E-state index contributed by atoms with van der Waals surface area (Å²) in [6.07, 6.45) is 2.48. The first kappa shape index (κ1) is 23.1. The molecule has 0 spiro atoms. The molecule has 1 heterocycles. The van der Waals surface area contributed by atoms with Crippen LogP contribution in [0.1, 0.15) is 39.4 Å². The van der Waals surface area contributed by atoms with Crippen LogP contribution in [0.25, 0.3) is 0 Å². The molecule has 1 aliphatic heterocycles. The second kappa shape index (κ2) is 11.7. The molecule has 9 nitrogen and oxygen atoms in total. The number of rotatable bonds is 10. The summed E-state index contributed by atoms with van der Waals surface area (Å²) in [5.41, 5.74) is 0.225. The Morgan fingerprint density at radius 3 is 2.66 bits per heavy atom. The van der Waals surface area contributed by atoms with Crippen LogP contribution >= 0.6 is 0 Å². The lowest BCUT2D eigenvalue weighted by Crippen LogP contribution is -2.40. The van der Waals surface area contributed by atoms with Crippen molar-refractivity contribution in [3.63, 3.8) is 0 Å². The lowest BCUT2D eigenvalue weighted by Gasteiger charge is -2.26. The van der Waals surface area contributed by atoms with Crippen LogP contribution in [0.2, 0.25) is 0 Å². The van der Waals surface area contributed by atoms with Crippen molar-refractivity contribution >= 4 is 22.0 Å². The molecule has 166 valence electrons. The number of amides is 2. The molecule has 1 aromatic rings. The van der Waals surface area contributed by atoms with E-state index in [-0.39, 0.29) is 39.6 Å². The van der Waals surface area contributed by atoms with Gasteiger partial charge in [0.1, 0.15) is 6.61 Å². The quantitative estimate of drug-likeness (QED) is 0.547. The zero-order valence-corrected chi connectivity index (χ0v) is 17.5. The van der Waals surface area contributed by atoms with E-state index in [0.717, 1.165) is 19.3 Å². The number of unbranched alkanes of at least 4 members (excludes halogenated alkanes) is 2. The van der Waals surface area contributed by atoms with Crippen LogP contribution in [-0.4, -0.2) is 70.7 Å². The van der Waals surface area contributed by atoms with E-state index in [1.807, 2.05) is 0 Å². The minimum atomic E-state index is -3.67. The molecule has 0 atom stereocenters. The van der Waals surface area contributed by atoms with Crippen LogP contribution in [0.15, 0.2) is 29.2 Å². The highest BCUT2D eigenvalue weighted by molar-refractivity contribution is 7.89. The highest BCUT2D eigenvalue weighted by Crippen LogP contribution is 2.18. The number of nitrogens with one attached hydrogen (secondary N) is 2. The number of hydrogen-bond acceptors (Lipinski definition) is 6. The first-order valence-electron chi connectivity index (χ1n) is 9.82. The van der Waals surface area contributed by atoms with Crippen LogP contribution in [0.3, 0.4) is 0 Å². The molecule has 1 aromatic carbocycles. The Kier molecular flexibility index (Phi) is 9.36. The summed E-state index contributed by atoms with van der Waals surface area (Å²) in [4.78, 5) is 23.9. The van der Waals surface area contributed by atoms with Gasteiger partial charge in [-0.15, -0.1) is 0 Å². The van der Waals surface area contributed by atoms with Crippen LogP contribution < -0.4 is 10.6 Å². The second-order valence-electron chi connectivity index (χ2n) is 6.57. The van der Waals surface area contributed by atoms with Crippen molar-refractivity contribution < 1.29 is 30.3 Å². The zero-order valence-electron chi connectivity index (χ0n) is 16.7. The number of nitrogens with zero attached hydrogens (tertiary/aromatic N) is 1. The minimum Gasteiger partial charge on any atom is -0.448 e. The summed E-state index contributed by atoms with van der Waals surface area (Å²) in [6, 6.07) is 5.88. The van der Waals surface area contributed by atoms with E-state index in [9.17, 15) is 18.0 Å². The maximum Gasteiger partial charge on any atom is 0.407 e. The maximum absolute atomic E-state index is 12.7. The van der Waals surface area contributed by atoms with Gasteiger partial charge in [-0.25, -0.2) is 13.2 Å². The van der Waals surface area contributed by atoms with E-state index in [1.165, 1.54) is 28.6 Å². The summed E-state index contributed by atoms with van der Waals surface area (Å²) < 4.78 is 36.9. The van der Waals surface area contributed by atoms with Gasteiger partial charge < -0.3 is 20.1 Å². The van der Waals surface area contributed by atoms with E-state index in [0.29, 0.717) is 19.8 Å². The van der Waals surface area contributed by atoms with Crippen LogP contribution in [-0.2, 0) is 19.5 Å². The molecule has 10 heteroatoms. The molecule has 2 amide bonds. The zero-order chi connectivity index (χ0) is 21.1. The van der Waals surface area contributed by atoms with E-state index in [4.69, 9.17) is 9.47 Å². The van der Waals surface area contributed by atoms with Gasteiger partial charge in [-0.2, -0.15) is 4.31 Å². The SMILES string of the molecule is CCCCCNC(=O)OCCNC(=O)c1cccc(S(=O)(=O)N2CCOCC2)c1.[HH].[HH]. The van der Waals surface area contributed by atoms with Crippen LogP contribution in [0.4, 0.5) is 4.79 Å². The number of benzene rings is 1. The number of morpholine rings is 1. The Morgan fingerprint density at radius 2 is 1.93 bits per heavy atom. The molecule has 0 radical (unpaired) electrons. The average molecular weight is 432 g/mol. The molecule has 0 bridgehead atoms. The second-order valence-corrected chi connectivity index (χ2v) is 8.51. The molecule has 29 heavy (non-hydrogen) atoms. The summed E-state index contributed by atoms with van der Waals surface area (Å²) in [7, 11) is -3.67. The minimum absolute atomic E-state index is 0. The third-order valence-corrected chi connectivity index (χ3v) is 6.27. The van der Waals surface area contributed by atoms with E-state index >= 15 is 0 Å². The van der Waals surface area contributed by atoms with Crippen molar-refractivity contribution in [1.82, 2.24) is 14.9 Å². The first-order valence-corrected chi connectivity index (χ1v) is 11.3. The third-order valence-electron chi connectivity index (χ3n) is 4.37. The Morgan fingerprint density at radius 1 is 1.17 bits per heavy atom. The van der Waals surface area contributed by atoms with E-state index in [2.05, 4.69) is 17.6 Å². The molecule has 0 aromatic heterocycles. The topological polar surface area (TPSA) is 114 Å². The molecular weight excluding hydrogens is 398 g/mol. The van der Waals surface area contributed by atoms with Crippen LogP contribution in [0, 0.1) is 0 Å². The number of sulfonamides is 1. The van der Waals surface area contributed by atoms with Gasteiger partial charge in [-0.3, -0.25) is 4.79 Å². The van der Waals surface area contributed by atoms with Crippen molar-refractivity contribution in [3.8, 4) is 0 Å². The third kappa shape index (κ3) is 7.30. The van der Waals surface area contributed by atoms with Crippen molar-refractivity contribution in [2.24, 2.45) is 0 Å². The van der Waals surface area contributed by atoms with Gasteiger partial charge in [0.2, 0.25) is 10.0 Å². The van der Waals surface area contributed by atoms with Gasteiger partial charge in [0.15, 0.2) is 0 Å². The van der Waals surface area contributed by atoms with Gasteiger partial charge in [0.25, 0.3) is 5.91 Å². The predicted octanol–water partition coefficient (Wildman–Crippen LogP) is 1.85. The normalized spacial score (nSPS) is 14.9. The summed E-state index contributed by atoms with van der Waals surface area (Å²) >= 11 is 0. The maximum atomic E-state index is 12.7. The average Bonchev–Trinajstić information content (AvgIpc) is 2.75. The molecule has 1 fully saturated rings. The van der Waals surface area contributed by atoms with E-state index < -0.39 is 22.0 Å². The Balaban J connectivity index is 0.00000450. The largest absolute Gasteiger partial charge is 0.448 e. The summed E-state index contributed by atoms with van der Waals surface area (Å²) in [6.45, 7) is 4.07. The molecule has 0 saturated carbocycles. The Bertz CT molecular complexity index is 789. The fourth-order valence-corrected chi connectivity index (χ4v) is 4.22. The molecule has 1 aliphatic rings. The van der Waals surface area contributed by atoms with Gasteiger partial charge in [0.05, 0.1) is 24.7 Å². The van der Waals surface area contributed by atoms with Crippen molar-refractivity contribution in [1.29, 1.82) is 0 Å². The molecular formula is C19H33N3O6S. The van der Waals surface area contributed by atoms with Gasteiger partial charge >= 0.3 is 6.09 Å². The molecule has 1 saturated heterocycles. The van der Waals surface area contributed by atoms with Crippen molar-refractivity contribution in [2.75, 3.05) is 46.0 Å². The highest BCUT2D eigenvalue weighted by atomic mass is 32.2. The number of alkyl carbamates (subject to hydrolysis) is 1. The molecule has 2 rings (SSSR count). The van der Waals surface area contributed by atoms with E-state index in [1.54, 1.807) is 0 Å². The Labute approximate surface area is 174 Å². The smallest absolute Gasteiger partial charge is 0.407 e. The Hall–Kier alpha value is -2.17. The fraction of sp³-hybridized carbons (Fsp3) is 0.579. The standard InChI is InChI=1S/C19H29N3O6S.2H2/c1-2-3-4-8-21-19(24)28-12-9-20-18(23)16-6-5-7-17(15-16)29(25,26)22-10-13-27-14-11-22;;/h5-7,15H,2-4,8-14H2,1H3,(H,20,23)(H,21,24);2*1H. The molecule has 0 aliphatic carbocycles. The first-order chi connectivity index (χ1) is 13.9. The summed E-state index contributed by atoms with van der Waals surface area (Å²) in [5, 5.41) is 5.25. The van der Waals surface area contributed by atoms with Gasteiger partial charge in [-0.05, 0) is 24.6 Å². The number of carbonyl (C=O) groups is 2. The van der Waals surface area contributed by atoms with Gasteiger partial charge in [-0.1, -0.05) is 25.8 Å². The van der Waals surface area contributed by atoms with Gasteiger partial charge in [0, 0.05) is 28.1 Å². The summed E-state index contributed by atoms with van der Waals surface area (Å²) in [5.74, 6) is -0.434. The number of hydrogen-bond donors (Lipinski definition) is 2. The number of carbonyl (C=O) groups excluding carboxylic acids is 2. The lowest BCUT2D eigenvalue weighted by molar-refractivity contribution is 0.0730.